The van der Waals surface area contributed by atoms with Crippen LogP contribution in [0.1, 0.15) is 6.85 Å². The average Bonchev–Trinajstić information content (AvgIpc) is 1.69. The fourth-order valence-corrected chi connectivity index (χ4v) is 14.0. The predicted octanol–water partition coefficient (Wildman–Crippen LogP) is 19.0. The molecule has 82 heavy (non-hydrogen) atoms. The van der Waals surface area contributed by atoms with E-state index in [1.54, 1.807) is 22.7 Å². The van der Waals surface area contributed by atoms with E-state index in [0.717, 1.165) is 86.3 Å². The Kier molecular flexibility index (Phi) is 9.39. The van der Waals surface area contributed by atoms with Gasteiger partial charge in [-0.2, -0.15) is 0 Å². The van der Waals surface area contributed by atoms with Gasteiger partial charge in [-0.05, 0) is 84.9 Å². The summed E-state index contributed by atoms with van der Waals surface area (Å²) in [4.78, 5) is 31.2. The quantitative estimate of drug-likeness (QED) is 0.151. The molecule has 8 nitrogen and oxygen atoms in total. The van der Waals surface area contributed by atoms with Gasteiger partial charge in [-0.3, -0.25) is 0 Å². The summed E-state index contributed by atoms with van der Waals surface area (Å²) in [7, 11) is 0. The molecule has 0 saturated heterocycles. The lowest BCUT2D eigenvalue weighted by Gasteiger charge is -2.17. The lowest BCUT2D eigenvalue weighted by atomic mass is 10.0. The zero-order valence-electron chi connectivity index (χ0n) is 48.3. The molecule has 0 bridgehead atoms. The standard InChI is InChI=1S/C72H42N8S2/c1-4-18-43(19-5-1)67-74-70(76-71(75-67)47-33-38-63-54(40-47)50-25-12-16-30-61(50)81-63)46-32-36-59(56(41-46)72-77-68(44-20-6-2-7-21-44)73-69(78-72)45-22-8-3-9-23-45)80-57-28-14-10-24-49(57)52-35-37-60-65(66(52)80)53-27-11-15-29-58(53)79(60)48-34-39-64-55(42-48)51-26-13-17-31-62(51)82-64/h1-42H/i1D,4D,5D,18D,19D. The molecule has 0 radical (unpaired) electrons. The topological polar surface area (TPSA) is 87.2 Å². The fourth-order valence-electron chi connectivity index (χ4n) is 11.8. The molecule has 382 valence electrons. The molecule has 0 aliphatic heterocycles. The van der Waals surface area contributed by atoms with Crippen LogP contribution in [0.15, 0.2) is 255 Å². The van der Waals surface area contributed by atoms with Crippen LogP contribution in [0.3, 0.4) is 0 Å². The van der Waals surface area contributed by atoms with Crippen molar-refractivity contribution in [3.05, 3.63) is 255 Å². The Morgan fingerprint density at radius 1 is 0.305 bits per heavy atom. The van der Waals surface area contributed by atoms with Crippen LogP contribution in [-0.4, -0.2) is 39.0 Å². The largest absolute Gasteiger partial charge is 0.309 e. The zero-order chi connectivity index (χ0) is 58.2. The number of nitrogens with zero attached hydrogens (tertiary/aromatic N) is 8. The van der Waals surface area contributed by atoms with Gasteiger partial charge in [0.15, 0.2) is 34.9 Å². The van der Waals surface area contributed by atoms with Crippen LogP contribution in [0.2, 0.25) is 0 Å². The van der Waals surface area contributed by atoms with Gasteiger partial charge in [-0.1, -0.05) is 170 Å². The first-order chi connectivity index (χ1) is 42.7. The van der Waals surface area contributed by atoms with Crippen molar-refractivity contribution in [3.8, 4) is 79.7 Å². The molecule has 6 aromatic heterocycles. The number of thiophene rings is 2. The first-order valence-corrected chi connectivity index (χ1v) is 28.5. The summed E-state index contributed by atoms with van der Waals surface area (Å²) in [5.74, 6) is 1.72. The number of rotatable bonds is 8. The third kappa shape index (κ3) is 7.43. The normalized spacial score (nSPS) is 12.8. The summed E-state index contributed by atoms with van der Waals surface area (Å²) in [6.45, 7) is 0. The molecule has 10 heteroatoms. The highest BCUT2D eigenvalue weighted by atomic mass is 32.1. The van der Waals surface area contributed by atoms with E-state index in [0.29, 0.717) is 34.2 Å². The maximum absolute atomic E-state index is 9.18. The molecule has 0 aliphatic rings. The van der Waals surface area contributed by atoms with E-state index in [9.17, 15) is 2.74 Å². The Hall–Kier alpha value is -10.5. The lowest BCUT2D eigenvalue weighted by Crippen LogP contribution is -2.05. The highest BCUT2D eigenvalue weighted by molar-refractivity contribution is 7.26. The highest BCUT2D eigenvalue weighted by Crippen LogP contribution is 2.46. The molecular weight excluding hydrogens is 1040 g/mol. The van der Waals surface area contributed by atoms with Crippen LogP contribution in [0, 0.1) is 0 Å². The van der Waals surface area contributed by atoms with Crippen molar-refractivity contribution in [2.24, 2.45) is 0 Å². The number of hydrogen-bond donors (Lipinski definition) is 0. The molecular formula is C72H42N8S2. The summed E-state index contributed by atoms with van der Waals surface area (Å²) in [6.07, 6.45) is 0. The molecule has 11 aromatic carbocycles. The summed E-state index contributed by atoms with van der Waals surface area (Å²) in [5.41, 5.74) is 9.16. The second kappa shape index (κ2) is 18.5. The molecule has 0 saturated carbocycles. The van der Waals surface area contributed by atoms with Gasteiger partial charge in [0.1, 0.15) is 0 Å². The lowest BCUT2D eigenvalue weighted by molar-refractivity contribution is 1.06. The Bertz CT molecular complexity index is 5650. The third-order valence-electron chi connectivity index (χ3n) is 15.5. The predicted molar refractivity (Wildman–Crippen MR) is 340 cm³/mol. The van der Waals surface area contributed by atoms with Crippen LogP contribution < -0.4 is 0 Å². The Labute approximate surface area is 484 Å². The molecule has 0 aliphatic carbocycles. The van der Waals surface area contributed by atoms with E-state index >= 15 is 0 Å². The molecule has 0 fully saturated rings. The molecule has 17 rings (SSSR count). The van der Waals surface area contributed by atoms with Crippen molar-refractivity contribution in [2.45, 2.75) is 0 Å². The molecule has 0 amide bonds. The molecule has 0 atom stereocenters. The minimum atomic E-state index is -0.513. The molecule has 0 unspecified atom stereocenters. The van der Waals surface area contributed by atoms with Crippen molar-refractivity contribution < 1.29 is 6.85 Å². The van der Waals surface area contributed by atoms with Gasteiger partial charge >= 0.3 is 0 Å². The summed E-state index contributed by atoms with van der Waals surface area (Å²) < 4.78 is 53.8. The van der Waals surface area contributed by atoms with Crippen LogP contribution in [-0.2, 0) is 0 Å². The molecule has 0 spiro atoms. The number of hydrogen-bond acceptors (Lipinski definition) is 8. The number of para-hydroxylation sites is 2. The Morgan fingerprint density at radius 2 is 0.793 bits per heavy atom. The summed E-state index contributed by atoms with van der Waals surface area (Å²) in [5, 5.41) is 8.81. The maximum atomic E-state index is 9.18. The van der Waals surface area contributed by atoms with Crippen molar-refractivity contribution in [1.29, 1.82) is 0 Å². The summed E-state index contributed by atoms with van der Waals surface area (Å²) in [6, 6.07) is 74.8. The zero-order valence-corrected chi connectivity index (χ0v) is 44.9. The Balaban J connectivity index is 0.969. The fraction of sp³-hybridized carbons (Fsp3) is 0. The van der Waals surface area contributed by atoms with Gasteiger partial charge in [0.25, 0.3) is 0 Å². The molecule has 17 aromatic rings. The third-order valence-corrected chi connectivity index (χ3v) is 17.8. The van der Waals surface area contributed by atoms with E-state index in [-0.39, 0.29) is 23.0 Å². The van der Waals surface area contributed by atoms with Crippen LogP contribution in [0.5, 0.6) is 0 Å². The molecule has 0 N–H and O–H groups in total. The first-order valence-electron chi connectivity index (χ1n) is 29.3. The van der Waals surface area contributed by atoms with Gasteiger partial charge in [-0.25, -0.2) is 29.9 Å². The second-order valence-electron chi connectivity index (χ2n) is 20.2. The summed E-state index contributed by atoms with van der Waals surface area (Å²) >= 11 is 3.50. The van der Waals surface area contributed by atoms with Gasteiger partial charge in [0.05, 0.1) is 34.6 Å². The van der Waals surface area contributed by atoms with Crippen molar-refractivity contribution >= 4 is 107 Å². The van der Waals surface area contributed by atoms with E-state index < -0.39 is 30.2 Å². The second-order valence-corrected chi connectivity index (χ2v) is 22.4. The van der Waals surface area contributed by atoms with E-state index in [4.69, 9.17) is 34.0 Å². The number of fused-ring (bicyclic) bond motifs is 13. The Morgan fingerprint density at radius 3 is 1.45 bits per heavy atom. The van der Waals surface area contributed by atoms with Gasteiger partial charge < -0.3 is 9.13 Å². The van der Waals surface area contributed by atoms with E-state index in [2.05, 4.69) is 143 Å². The van der Waals surface area contributed by atoms with E-state index in [1.165, 1.54) is 20.2 Å². The smallest absolute Gasteiger partial charge is 0.166 e. The number of benzene rings is 11. The monoisotopic (exact) mass is 1090 g/mol. The van der Waals surface area contributed by atoms with Gasteiger partial charge in [0.2, 0.25) is 0 Å². The average molecular weight is 1090 g/mol. The SMILES string of the molecule is [2H]c1c([2H])c([2H])c(-c2nc(-c3ccc(-n4c5ccccc5c5ccc6c(c7ccccc7n6-c6ccc7sc8ccccc8c7c6)c54)c(-c4nc(-c5ccccc5)nc(-c5ccccc5)n4)c3)nc(-c3ccc4sc5ccccc5c4c3)n2)c([2H])c1[2H]. The maximum Gasteiger partial charge on any atom is 0.166 e. The highest BCUT2D eigenvalue weighted by Gasteiger charge is 2.26. The van der Waals surface area contributed by atoms with Crippen LogP contribution in [0.4, 0.5) is 0 Å². The van der Waals surface area contributed by atoms with Crippen molar-refractivity contribution in [2.75, 3.05) is 0 Å². The van der Waals surface area contributed by atoms with Crippen LogP contribution >= 0.6 is 22.7 Å². The van der Waals surface area contributed by atoms with Gasteiger partial charge in [0, 0.05) is 101 Å². The van der Waals surface area contributed by atoms with Crippen molar-refractivity contribution in [3.63, 3.8) is 0 Å². The van der Waals surface area contributed by atoms with E-state index in [1.807, 2.05) is 91.0 Å². The molecule has 6 heterocycles. The minimum absolute atomic E-state index is 0.0710. The van der Waals surface area contributed by atoms with Gasteiger partial charge in [-0.15, -0.1) is 22.7 Å². The van der Waals surface area contributed by atoms with Crippen LogP contribution in [0.25, 0.3) is 164 Å². The minimum Gasteiger partial charge on any atom is -0.309 e. The van der Waals surface area contributed by atoms with Crippen molar-refractivity contribution in [1.82, 2.24) is 39.0 Å². The number of aromatic nitrogens is 8. The first kappa shape index (κ1) is 41.5.